The third-order valence-corrected chi connectivity index (χ3v) is 2.72. The number of anilines is 2. The average Bonchev–Trinajstić information content (AvgIpc) is 2.41. The number of carbonyl (C=O) groups is 2. The molecule has 0 unspecified atom stereocenters. The van der Waals surface area contributed by atoms with Gasteiger partial charge in [0, 0.05) is 12.7 Å². The van der Waals surface area contributed by atoms with Crippen molar-refractivity contribution in [3.63, 3.8) is 0 Å². The highest BCUT2D eigenvalue weighted by atomic mass is 19.1. The zero-order valence-electron chi connectivity index (χ0n) is 11.6. The molecule has 0 aromatic heterocycles. The maximum Gasteiger partial charge on any atom is 0.238 e. The van der Waals surface area contributed by atoms with Crippen molar-refractivity contribution < 1.29 is 14.0 Å². The molecule has 0 aliphatic heterocycles. The minimum Gasteiger partial charge on any atom is -0.399 e. The summed E-state index contributed by atoms with van der Waals surface area (Å²) in [6, 6.07) is 3.95. The fourth-order valence-electron chi connectivity index (χ4n) is 1.59. The second-order valence-corrected chi connectivity index (χ2v) is 4.26. The molecule has 1 aromatic rings. The van der Waals surface area contributed by atoms with Gasteiger partial charge in [-0.25, -0.2) is 4.39 Å². The molecule has 7 heteroatoms. The first-order valence-electron chi connectivity index (χ1n) is 6.24. The number of amides is 2. The highest BCUT2D eigenvalue weighted by molar-refractivity contribution is 5.93. The van der Waals surface area contributed by atoms with Gasteiger partial charge in [-0.15, -0.1) is 0 Å². The number of likely N-dealkylation sites (N-methyl/N-ethyl adjacent to an activating group) is 2. The zero-order valence-corrected chi connectivity index (χ0v) is 11.6. The Bertz CT molecular complexity index is 493. The molecule has 0 saturated carbocycles. The lowest BCUT2D eigenvalue weighted by Gasteiger charge is -2.18. The second kappa shape index (κ2) is 7.44. The largest absolute Gasteiger partial charge is 0.399 e. The van der Waals surface area contributed by atoms with E-state index < -0.39 is 11.7 Å². The molecule has 0 aliphatic rings. The Hall–Kier alpha value is -2.15. The molecule has 110 valence electrons. The summed E-state index contributed by atoms with van der Waals surface area (Å²) in [7, 11) is 1.53. The fraction of sp³-hybridized carbons (Fsp3) is 0.385. The van der Waals surface area contributed by atoms with Gasteiger partial charge >= 0.3 is 0 Å². The van der Waals surface area contributed by atoms with Gasteiger partial charge in [-0.2, -0.15) is 0 Å². The van der Waals surface area contributed by atoms with Crippen LogP contribution in [-0.2, 0) is 9.59 Å². The van der Waals surface area contributed by atoms with Crippen molar-refractivity contribution in [2.24, 2.45) is 0 Å². The normalized spacial score (nSPS) is 10.4. The summed E-state index contributed by atoms with van der Waals surface area (Å²) in [6.45, 7) is 2.47. The standard InChI is InChI=1S/C13H19FN4O2/c1-3-18(7-12(19)16-2)8-13(20)17-11-6-9(15)4-5-10(11)14/h4-6H,3,7-8,15H2,1-2H3,(H,16,19)(H,17,20). The number of nitrogen functional groups attached to an aromatic ring is 1. The number of nitrogens with two attached hydrogens (primary N) is 1. The topological polar surface area (TPSA) is 87.5 Å². The number of carbonyl (C=O) groups excluding carboxylic acids is 2. The Morgan fingerprint density at radius 2 is 1.95 bits per heavy atom. The Labute approximate surface area is 117 Å². The molecule has 0 heterocycles. The SMILES string of the molecule is CCN(CC(=O)NC)CC(=O)Nc1cc(N)ccc1F. The van der Waals surface area contributed by atoms with Crippen LogP contribution in [0.4, 0.5) is 15.8 Å². The van der Waals surface area contributed by atoms with Crippen LogP contribution in [0.25, 0.3) is 0 Å². The lowest BCUT2D eigenvalue weighted by atomic mass is 10.2. The van der Waals surface area contributed by atoms with Crippen molar-refractivity contribution in [3.8, 4) is 0 Å². The summed E-state index contributed by atoms with van der Waals surface area (Å²) >= 11 is 0. The van der Waals surface area contributed by atoms with Crippen LogP contribution >= 0.6 is 0 Å². The third-order valence-electron chi connectivity index (χ3n) is 2.72. The van der Waals surface area contributed by atoms with Crippen LogP contribution < -0.4 is 16.4 Å². The van der Waals surface area contributed by atoms with Gasteiger partial charge in [-0.3, -0.25) is 14.5 Å². The first-order chi connectivity index (χ1) is 9.46. The highest BCUT2D eigenvalue weighted by Crippen LogP contribution is 2.17. The molecule has 0 bridgehead atoms. The number of benzene rings is 1. The minimum atomic E-state index is -0.554. The Kier molecular flexibility index (Phi) is 5.92. The van der Waals surface area contributed by atoms with E-state index in [-0.39, 0.29) is 24.7 Å². The summed E-state index contributed by atoms with van der Waals surface area (Å²) in [5, 5.41) is 4.92. The van der Waals surface area contributed by atoms with Crippen molar-refractivity contribution in [1.29, 1.82) is 0 Å². The van der Waals surface area contributed by atoms with Crippen LogP contribution in [0, 0.1) is 5.82 Å². The van der Waals surface area contributed by atoms with E-state index in [4.69, 9.17) is 5.73 Å². The predicted molar refractivity (Wildman–Crippen MR) is 75.6 cm³/mol. The molecule has 4 N–H and O–H groups in total. The molecule has 6 nitrogen and oxygen atoms in total. The maximum absolute atomic E-state index is 13.5. The number of nitrogens with one attached hydrogen (secondary N) is 2. The number of halogens is 1. The van der Waals surface area contributed by atoms with E-state index in [1.54, 1.807) is 4.90 Å². The molecule has 1 rings (SSSR count). The van der Waals surface area contributed by atoms with Gasteiger partial charge in [0.1, 0.15) is 5.82 Å². The van der Waals surface area contributed by atoms with Gasteiger partial charge in [0.15, 0.2) is 0 Å². The van der Waals surface area contributed by atoms with Crippen LogP contribution in [0.1, 0.15) is 6.92 Å². The Morgan fingerprint density at radius 3 is 2.55 bits per heavy atom. The van der Waals surface area contributed by atoms with Crippen molar-refractivity contribution in [2.75, 3.05) is 37.7 Å². The predicted octanol–water partition coefficient (Wildman–Crippen LogP) is 0.414. The van der Waals surface area contributed by atoms with E-state index in [0.29, 0.717) is 12.2 Å². The fourth-order valence-corrected chi connectivity index (χ4v) is 1.59. The van der Waals surface area contributed by atoms with Crippen LogP contribution in [-0.4, -0.2) is 43.4 Å². The molecule has 0 radical (unpaired) electrons. The average molecular weight is 282 g/mol. The highest BCUT2D eigenvalue weighted by Gasteiger charge is 2.13. The van der Waals surface area contributed by atoms with Crippen molar-refractivity contribution in [2.45, 2.75) is 6.92 Å². The Morgan fingerprint density at radius 1 is 1.30 bits per heavy atom. The zero-order chi connectivity index (χ0) is 15.1. The molecule has 0 aliphatic carbocycles. The van der Waals surface area contributed by atoms with Gasteiger partial charge in [0.2, 0.25) is 11.8 Å². The van der Waals surface area contributed by atoms with Crippen molar-refractivity contribution in [1.82, 2.24) is 10.2 Å². The van der Waals surface area contributed by atoms with E-state index in [9.17, 15) is 14.0 Å². The van der Waals surface area contributed by atoms with Crippen molar-refractivity contribution in [3.05, 3.63) is 24.0 Å². The van der Waals surface area contributed by atoms with Gasteiger partial charge in [0.05, 0.1) is 18.8 Å². The summed E-state index contributed by atoms with van der Waals surface area (Å²) in [4.78, 5) is 24.7. The molecule has 0 atom stereocenters. The van der Waals surface area contributed by atoms with Crippen LogP contribution in [0.2, 0.25) is 0 Å². The van der Waals surface area contributed by atoms with E-state index in [1.807, 2.05) is 6.92 Å². The molecule has 20 heavy (non-hydrogen) atoms. The van der Waals surface area contributed by atoms with E-state index in [1.165, 1.54) is 25.2 Å². The smallest absolute Gasteiger partial charge is 0.238 e. The lowest BCUT2D eigenvalue weighted by Crippen LogP contribution is -2.40. The number of rotatable bonds is 6. The third kappa shape index (κ3) is 4.85. The molecular weight excluding hydrogens is 263 g/mol. The summed E-state index contributed by atoms with van der Waals surface area (Å²) in [6.07, 6.45) is 0. The van der Waals surface area contributed by atoms with Gasteiger partial charge in [0.25, 0.3) is 0 Å². The van der Waals surface area contributed by atoms with Crippen LogP contribution in [0.5, 0.6) is 0 Å². The first-order valence-corrected chi connectivity index (χ1v) is 6.24. The van der Waals surface area contributed by atoms with E-state index in [0.717, 1.165) is 0 Å². The van der Waals surface area contributed by atoms with Crippen molar-refractivity contribution >= 4 is 23.2 Å². The molecule has 2 amide bonds. The van der Waals surface area contributed by atoms with Gasteiger partial charge < -0.3 is 16.4 Å². The molecule has 0 spiro atoms. The summed E-state index contributed by atoms with van der Waals surface area (Å²) < 4.78 is 13.5. The number of hydrogen-bond acceptors (Lipinski definition) is 4. The summed E-state index contributed by atoms with van der Waals surface area (Å²) in [5.41, 5.74) is 5.93. The molecular formula is C13H19FN4O2. The van der Waals surface area contributed by atoms with Gasteiger partial charge in [-0.05, 0) is 24.7 Å². The van der Waals surface area contributed by atoms with E-state index >= 15 is 0 Å². The molecule has 0 saturated heterocycles. The van der Waals surface area contributed by atoms with Crippen LogP contribution in [0.3, 0.4) is 0 Å². The number of hydrogen-bond donors (Lipinski definition) is 3. The quantitative estimate of drug-likeness (QED) is 0.660. The maximum atomic E-state index is 13.5. The van der Waals surface area contributed by atoms with E-state index in [2.05, 4.69) is 10.6 Å². The monoisotopic (exact) mass is 282 g/mol. The first kappa shape index (κ1) is 15.9. The minimum absolute atomic E-state index is 0.00183. The second-order valence-electron chi connectivity index (χ2n) is 4.26. The molecule has 0 fully saturated rings. The number of nitrogens with zero attached hydrogens (tertiary/aromatic N) is 1. The summed E-state index contributed by atoms with van der Waals surface area (Å²) in [5.74, 6) is -1.14. The van der Waals surface area contributed by atoms with Gasteiger partial charge in [-0.1, -0.05) is 6.92 Å². The van der Waals surface area contributed by atoms with Crippen LogP contribution in [0.15, 0.2) is 18.2 Å². The Balaban J connectivity index is 2.61. The molecule has 1 aromatic carbocycles. The lowest BCUT2D eigenvalue weighted by molar-refractivity contribution is -0.123.